The molecule has 0 saturated carbocycles. The number of amides is 2. The molecule has 2 heterocycles. The highest BCUT2D eigenvalue weighted by atomic mass is 16.5. The number of nitrogens with one attached hydrogen (secondary N) is 1. The fourth-order valence-electron chi connectivity index (χ4n) is 3.61. The van der Waals surface area contributed by atoms with Gasteiger partial charge in [-0.05, 0) is 18.4 Å². The van der Waals surface area contributed by atoms with Crippen molar-refractivity contribution >= 4 is 11.8 Å². The number of rotatable bonds is 4. The molecule has 6 heteroatoms. The van der Waals surface area contributed by atoms with E-state index in [0.717, 1.165) is 31.5 Å². The molecular weight excluding hydrogens is 330 g/mol. The SMILES string of the molecule is CC.CNC(=O)C1CCCN1C(=O)C(c1ccccc1)N1CCOCC1. The number of nitrogens with zero attached hydrogens (tertiary/aromatic N) is 2. The summed E-state index contributed by atoms with van der Waals surface area (Å²) in [6.07, 6.45) is 1.60. The lowest BCUT2D eigenvalue weighted by Gasteiger charge is -2.37. The zero-order valence-electron chi connectivity index (χ0n) is 16.1. The highest BCUT2D eigenvalue weighted by Gasteiger charge is 2.39. The maximum atomic E-state index is 13.3. The molecule has 6 nitrogen and oxygen atoms in total. The fourth-order valence-corrected chi connectivity index (χ4v) is 3.61. The minimum atomic E-state index is -0.352. The Hall–Kier alpha value is -1.92. The van der Waals surface area contributed by atoms with Crippen LogP contribution in [0.25, 0.3) is 0 Å². The van der Waals surface area contributed by atoms with E-state index in [-0.39, 0.29) is 23.9 Å². The average molecular weight is 361 g/mol. The van der Waals surface area contributed by atoms with Crippen molar-refractivity contribution in [2.75, 3.05) is 39.9 Å². The number of carbonyl (C=O) groups excluding carboxylic acids is 2. The van der Waals surface area contributed by atoms with E-state index in [1.54, 1.807) is 11.9 Å². The Morgan fingerprint density at radius 1 is 1.12 bits per heavy atom. The van der Waals surface area contributed by atoms with Gasteiger partial charge in [-0.2, -0.15) is 0 Å². The molecule has 144 valence electrons. The maximum absolute atomic E-state index is 13.3. The molecule has 2 atom stereocenters. The van der Waals surface area contributed by atoms with E-state index >= 15 is 0 Å². The van der Waals surface area contributed by atoms with Gasteiger partial charge < -0.3 is 15.0 Å². The summed E-state index contributed by atoms with van der Waals surface area (Å²) in [6, 6.07) is 9.14. The predicted octanol–water partition coefficient (Wildman–Crippen LogP) is 1.82. The molecular formula is C20H31N3O3. The second-order valence-electron chi connectivity index (χ2n) is 6.27. The van der Waals surface area contributed by atoms with Crippen LogP contribution in [0.3, 0.4) is 0 Å². The summed E-state index contributed by atoms with van der Waals surface area (Å²) in [5.41, 5.74) is 0.979. The zero-order chi connectivity index (χ0) is 18.9. The quantitative estimate of drug-likeness (QED) is 0.889. The van der Waals surface area contributed by atoms with Crippen molar-refractivity contribution in [2.24, 2.45) is 0 Å². The standard InChI is InChI=1S/C18H25N3O3.C2H6/c1-19-17(22)15-8-5-9-21(15)18(23)16(14-6-3-2-4-7-14)20-10-12-24-13-11-20;1-2/h2-4,6-7,15-16H,5,8-13H2,1H3,(H,19,22);1-2H3. The van der Waals surface area contributed by atoms with Crippen LogP contribution >= 0.6 is 0 Å². The molecule has 2 amide bonds. The Balaban J connectivity index is 0.00000117. The van der Waals surface area contributed by atoms with Crippen molar-refractivity contribution in [1.82, 2.24) is 15.1 Å². The van der Waals surface area contributed by atoms with E-state index in [2.05, 4.69) is 10.2 Å². The van der Waals surface area contributed by atoms with Gasteiger partial charge in [0.25, 0.3) is 0 Å². The lowest BCUT2D eigenvalue weighted by atomic mass is 10.0. The van der Waals surface area contributed by atoms with E-state index in [1.165, 1.54) is 0 Å². The first-order valence-electron chi connectivity index (χ1n) is 9.61. The third kappa shape index (κ3) is 4.62. The molecule has 0 bridgehead atoms. The number of carbonyl (C=O) groups is 2. The van der Waals surface area contributed by atoms with Crippen LogP contribution < -0.4 is 5.32 Å². The number of hydrogen-bond acceptors (Lipinski definition) is 4. The summed E-state index contributed by atoms with van der Waals surface area (Å²) in [6.45, 7) is 7.36. The molecule has 2 saturated heterocycles. The molecule has 26 heavy (non-hydrogen) atoms. The summed E-state index contributed by atoms with van der Waals surface area (Å²) in [4.78, 5) is 29.4. The van der Waals surface area contributed by atoms with E-state index < -0.39 is 0 Å². The molecule has 2 aliphatic heterocycles. The second-order valence-corrected chi connectivity index (χ2v) is 6.27. The zero-order valence-corrected chi connectivity index (χ0v) is 16.1. The van der Waals surface area contributed by atoms with Gasteiger partial charge in [0.15, 0.2) is 0 Å². The Labute approximate surface area is 156 Å². The summed E-state index contributed by atoms with van der Waals surface area (Å²) in [5, 5.41) is 2.68. The third-order valence-corrected chi connectivity index (χ3v) is 4.84. The number of hydrogen-bond donors (Lipinski definition) is 1. The Bertz CT molecular complexity index is 573. The van der Waals surface area contributed by atoms with E-state index in [1.807, 2.05) is 44.2 Å². The van der Waals surface area contributed by atoms with Crippen LogP contribution in [-0.4, -0.2) is 67.6 Å². The van der Waals surface area contributed by atoms with Crippen molar-refractivity contribution in [3.05, 3.63) is 35.9 Å². The molecule has 1 N–H and O–H groups in total. The largest absolute Gasteiger partial charge is 0.379 e. The molecule has 2 fully saturated rings. The van der Waals surface area contributed by atoms with E-state index in [9.17, 15) is 9.59 Å². The highest BCUT2D eigenvalue weighted by molar-refractivity contribution is 5.90. The number of ether oxygens (including phenoxy) is 1. The number of benzene rings is 1. The third-order valence-electron chi connectivity index (χ3n) is 4.84. The van der Waals surface area contributed by atoms with Gasteiger partial charge in [0.1, 0.15) is 12.1 Å². The normalized spacial score (nSPS) is 21.5. The van der Waals surface area contributed by atoms with Crippen LogP contribution in [0.4, 0.5) is 0 Å². The van der Waals surface area contributed by atoms with Crippen LogP contribution in [0.2, 0.25) is 0 Å². The molecule has 2 unspecified atom stereocenters. The van der Waals surface area contributed by atoms with E-state index in [0.29, 0.717) is 19.8 Å². The van der Waals surface area contributed by atoms with Crippen LogP contribution in [0.15, 0.2) is 30.3 Å². The van der Waals surface area contributed by atoms with Gasteiger partial charge in [0, 0.05) is 26.7 Å². The number of morpholine rings is 1. The topological polar surface area (TPSA) is 61.9 Å². The van der Waals surface area contributed by atoms with Crippen molar-refractivity contribution < 1.29 is 14.3 Å². The average Bonchev–Trinajstić information content (AvgIpc) is 3.21. The van der Waals surface area contributed by atoms with Crippen LogP contribution in [-0.2, 0) is 14.3 Å². The van der Waals surface area contributed by atoms with Crippen LogP contribution in [0.5, 0.6) is 0 Å². The Kier molecular flexibility index (Phi) is 8.06. The van der Waals surface area contributed by atoms with Gasteiger partial charge in [-0.1, -0.05) is 44.2 Å². The molecule has 2 aliphatic rings. The van der Waals surface area contributed by atoms with Crippen molar-refractivity contribution in [1.29, 1.82) is 0 Å². The molecule has 3 rings (SSSR count). The summed E-state index contributed by atoms with van der Waals surface area (Å²) < 4.78 is 5.44. The monoisotopic (exact) mass is 361 g/mol. The highest BCUT2D eigenvalue weighted by Crippen LogP contribution is 2.28. The minimum absolute atomic E-state index is 0.0224. The van der Waals surface area contributed by atoms with Gasteiger partial charge in [-0.15, -0.1) is 0 Å². The summed E-state index contributed by atoms with van der Waals surface area (Å²) >= 11 is 0. The van der Waals surface area contributed by atoms with Gasteiger partial charge in [-0.25, -0.2) is 0 Å². The Morgan fingerprint density at radius 2 is 1.77 bits per heavy atom. The van der Waals surface area contributed by atoms with Crippen LogP contribution in [0, 0.1) is 0 Å². The molecule has 1 aromatic carbocycles. The molecule has 0 aromatic heterocycles. The van der Waals surface area contributed by atoms with Crippen molar-refractivity contribution in [3.63, 3.8) is 0 Å². The lowest BCUT2D eigenvalue weighted by molar-refractivity contribution is -0.144. The smallest absolute Gasteiger partial charge is 0.245 e. The van der Waals surface area contributed by atoms with Gasteiger partial charge >= 0.3 is 0 Å². The van der Waals surface area contributed by atoms with Gasteiger partial charge in [0.2, 0.25) is 11.8 Å². The first-order chi connectivity index (χ1) is 12.7. The van der Waals surface area contributed by atoms with Crippen molar-refractivity contribution in [2.45, 2.75) is 38.8 Å². The second kappa shape index (κ2) is 10.3. The first kappa shape index (κ1) is 20.4. The van der Waals surface area contributed by atoms with Gasteiger partial charge in [0.05, 0.1) is 13.2 Å². The summed E-state index contributed by atoms with van der Waals surface area (Å²) in [7, 11) is 1.62. The molecule has 1 aromatic rings. The number of likely N-dealkylation sites (tertiary alicyclic amines) is 1. The van der Waals surface area contributed by atoms with Crippen molar-refractivity contribution in [3.8, 4) is 0 Å². The van der Waals surface area contributed by atoms with E-state index in [4.69, 9.17) is 4.74 Å². The van der Waals surface area contributed by atoms with Crippen LogP contribution in [0.1, 0.15) is 38.3 Å². The molecule has 0 spiro atoms. The fraction of sp³-hybridized carbons (Fsp3) is 0.600. The number of likely N-dealkylation sites (N-methyl/N-ethyl adjacent to an activating group) is 1. The maximum Gasteiger partial charge on any atom is 0.245 e. The minimum Gasteiger partial charge on any atom is -0.379 e. The summed E-state index contributed by atoms with van der Waals surface area (Å²) in [5.74, 6) is -0.0520. The van der Waals surface area contributed by atoms with Gasteiger partial charge in [-0.3, -0.25) is 14.5 Å². The molecule has 0 radical (unpaired) electrons. The molecule has 0 aliphatic carbocycles. The Morgan fingerprint density at radius 3 is 2.38 bits per heavy atom. The first-order valence-corrected chi connectivity index (χ1v) is 9.61. The lowest BCUT2D eigenvalue weighted by Crippen LogP contribution is -2.51. The predicted molar refractivity (Wildman–Crippen MR) is 102 cm³/mol.